The van der Waals surface area contributed by atoms with Crippen molar-refractivity contribution < 1.29 is 19.5 Å². The van der Waals surface area contributed by atoms with Crippen LogP contribution in [0, 0.1) is 0 Å². The Bertz CT molecular complexity index is 902. The molecule has 1 aliphatic rings. The SMILES string of the molecule is C[C@H](C(=O)NO)N1CC[C@@](C)(c2ccc(OCc3cc(Cl)nc(Cl)c3)cc2)C1=O. The third-order valence-electron chi connectivity index (χ3n) is 5.26. The van der Waals surface area contributed by atoms with Crippen LogP contribution in [0.2, 0.25) is 10.3 Å². The number of likely N-dealkylation sites (tertiary alicyclic amines) is 1. The Balaban J connectivity index is 1.69. The van der Waals surface area contributed by atoms with Gasteiger partial charge in [-0.3, -0.25) is 14.8 Å². The molecule has 3 rings (SSSR count). The molecular formula is C20H21Cl2N3O4. The summed E-state index contributed by atoms with van der Waals surface area (Å²) >= 11 is 11.8. The van der Waals surface area contributed by atoms with Gasteiger partial charge < -0.3 is 9.64 Å². The number of ether oxygens (including phenoxy) is 1. The van der Waals surface area contributed by atoms with Crippen molar-refractivity contribution in [3.8, 4) is 5.75 Å². The minimum Gasteiger partial charge on any atom is -0.489 e. The zero-order valence-corrected chi connectivity index (χ0v) is 17.5. The van der Waals surface area contributed by atoms with Crippen molar-refractivity contribution in [1.82, 2.24) is 15.4 Å². The lowest BCUT2D eigenvalue weighted by molar-refractivity contribution is -0.143. The Kier molecular flexibility index (Phi) is 6.31. The van der Waals surface area contributed by atoms with Crippen LogP contribution in [0.25, 0.3) is 0 Å². The number of carbonyl (C=O) groups is 2. The van der Waals surface area contributed by atoms with Crippen molar-refractivity contribution in [2.24, 2.45) is 0 Å². The zero-order valence-electron chi connectivity index (χ0n) is 16.0. The summed E-state index contributed by atoms with van der Waals surface area (Å²) in [5, 5.41) is 9.42. The molecule has 1 fully saturated rings. The van der Waals surface area contributed by atoms with Crippen molar-refractivity contribution in [2.75, 3.05) is 6.54 Å². The molecule has 1 saturated heterocycles. The minimum atomic E-state index is -0.741. The fourth-order valence-corrected chi connectivity index (χ4v) is 3.93. The molecule has 0 radical (unpaired) electrons. The highest BCUT2D eigenvalue weighted by molar-refractivity contribution is 6.32. The number of hydrogen-bond acceptors (Lipinski definition) is 5. The van der Waals surface area contributed by atoms with E-state index in [4.69, 9.17) is 33.1 Å². The second kappa shape index (κ2) is 8.57. The van der Waals surface area contributed by atoms with Gasteiger partial charge in [0.2, 0.25) is 5.91 Å². The normalized spacial score (nSPS) is 19.9. The summed E-state index contributed by atoms with van der Waals surface area (Å²) in [5.74, 6) is -0.122. The molecule has 2 heterocycles. The molecule has 2 aromatic rings. The third-order valence-corrected chi connectivity index (χ3v) is 5.65. The maximum Gasteiger partial charge on any atom is 0.265 e. The van der Waals surface area contributed by atoms with E-state index in [0.29, 0.717) is 29.0 Å². The van der Waals surface area contributed by atoms with Gasteiger partial charge >= 0.3 is 0 Å². The zero-order chi connectivity index (χ0) is 21.2. The Hall–Kier alpha value is -2.35. The number of benzene rings is 1. The van der Waals surface area contributed by atoms with Crippen molar-refractivity contribution in [3.63, 3.8) is 0 Å². The number of nitrogens with one attached hydrogen (secondary N) is 1. The van der Waals surface area contributed by atoms with E-state index < -0.39 is 17.4 Å². The maximum absolute atomic E-state index is 13.0. The van der Waals surface area contributed by atoms with E-state index in [1.54, 1.807) is 36.7 Å². The van der Waals surface area contributed by atoms with Crippen LogP contribution in [-0.4, -0.2) is 39.5 Å². The van der Waals surface area contributed by atoms with Gasteiger partial charge in [-0.25, -0.2) is 10.5 Å². The maximum atomic E-state index is 13.0. The fraction of sp³-hybridized carbons (Fsp3) is 0.350. The van der Waals surface area contributed by atoms with Gasteiger partial charge in [-0.15, -0.1) is 0 Å². The molecular weight excluding hydrogens is 417 g/mol. The van der Waals surface area contributed by atoms with E-state index in [0.717, 1.165) is 11.1 Å². The number of aromatic nitrogens is 1. The Morgan fingerprint density at radius 2 is 1.93 bits per heavy atom. The summed E-state index contributed by atoms with van der Waals surface area (Å²) in [6, 6.07) is 9.91. The van der Waals surface area contributed by atoms with Crippen molar-refractivity contribution in [2.45, 2.75) is 38.3 Å². The molecule has 0 saturated carbocycles. The van der Waals surface area contributed by atoms with Gasteiger partial charge in [0.25, 0.3) is 5.91 Å². The predicted octanol–water partition coefficient (Wildman–Crippen LogP) is 3.35. The molecule has 0 spiro atoms. The predicted molar refractivity (Wildman–Crippen MR) is 108 cm³/mol. The van der Waals surface area contributed by atoms with Gasteiger partial charge in [-0.1, -0.05) is 35.3 Å². The molecule has 9 heteroatoms. The van der Waals surface area contributed by atoms with Gasteiger partial charge in [0.15, 0.2) is 0 Å². The lowest BCUT2D eigenvalue weighted by Gasteiger charge is -2.27. The van der Waals surface area contributed by atoms with Crippen LogP contribution in [0.1, 0.15) is 31.4 Å². The summed E-state index contributed by atoms with van der Waals surface area (Å²) in [6.07, 6.45) is 0.573. The van der Waals surface area contributed by atoms with E-state index in [9.17, 15) is 9.59 Å². The highest BCUT2D eigenvalue weighted by Crippen LogP contribution is 2.37. The number of hydroxylamine groups is 1. The first-order chi connectivity index (χ1) is 13.7. The van der Waals surface area contributed by atoms with E-state index in [-0.39, 0.29) is 12.5 Å². The molecule has 0 aliphatic carbocycles. The first-order valence-electron chi connectivity index (χ1n) is 9.05. The molecule has 1 aromatic carbocycles. The molecule has 0 bridgehead atoms. The number of rotatable bonds is 6. The molecule has 0 unspecified atom stereocenters. The first-order valence-corrected chi connectivity index (χ1v) is 9.80. The molecule has 29 heavy (non-hydrogen) atoms. The average molecular weight is 438 g/mol. The van der Waals surface area contributed by atoms with Crippen LogP contribution in [0.5, 0.6) is 5.75 Å². The standard InChI is InChI=1S/C20H21Cl2N3O4/c1-12(18(26)24-28)25-8-7-20(2,19(25)27)14-3-5-15(6-4-14)29-11-13-9-16(21)23-17(22)10-13/h3-6,9-10,12,28H,7-8,11H2,1-2H3,(H,24,26)/t12-,20+/m1/s1. The molecule has 1 aromatic heterocycles. The lowest BCUT2D eigenvalue weighted by Crippen LogP contribution is -2.47. The smallest absolute Gasteiger partial charge is 0.265 e. The minimum absolute atomic E-state index is 0.150. The summed E-state index contributed by atoms with van der Waals surface area (Å²) < 4.78 is 5.76. The second-order valence-electron chi connectivity index (χ2n) is 7.17. The van der Waals surface area contributed by atoms with E-state index >= 15 is 0 Å². The largest absolute Gasteiger partial charge is 0.489 e. The highest BCUT2D eigenvalue weighted by atomic mass is 35.5. The molecule has 7 nitrogen and oxygen atoms in total. The topological polar surface area (TPSA) is 91.8 Å². The summed E-state index contributed by atoms with van der Waals surface area (Å²) in [7, 11) is 0. The van der Waals surface area contributed by atoms with E-state index in [2.05, 4.69) is 4.98 Å². The number of halogens is 2. The monoisotopic (exact) mass is 437 g/mol. The molecule has 2 atom stereocenters. The van der Waals surface area contributed by atoms with Crippen LogP contribution in [0.3, 0.4) is 0 Å². The Labute approximate surface area is 178 Å². The van der Waals surface area contributed by atoms with Crippen molar-refractivity contribution in [1.29, 1.82) is 0 Å². The quantitative estimate of drug-likeness (QED) is 0.410. The van der Waals surface area contributed by atoms with Gasteiger partial charge in [0, 0.05) is 6.54 Å². The summed E-state index contributed by atoms with van der Waals surface area (Å²) in [5.41, 5.74) is 2.49. The van der Waals surface area contributed by atoms with E-state index in [1.165, 1.54) is 4.90 Å². The van der Waals surface area contributed by atoms with Crippen LogP contribution in [-0.2, 0) is 21.6 Å². The van der Waals surface area contributed by atoms with Gasteiger partial charge in [0.05, 0.1) is 5.41 Å². The third kappa shape index (κ3) is 4.47. The summed E-state index contributed by atoms with van der Waals surface area (Å²) in [6.45, 7) is 4.16. The second-order valence-corrected chi connectivity index (χ2v) is 7.94. The van der Waals surface area contributed by atoms with Crippen LogP contribution >= 0.6 is 23.2 Å². The molecule has 2 N–H and O–H groups in total. The van der Waals surface area contributed by atoms with Gasteiger partial charge in [-0.2, -0.15) is 0 Å². The number of pyridine rings is 1. The fourth-order valence-electron chi connectivity index (χ4n) is 3.43. The highest BCUT2D eigenvalue weighted by Gasteiger charge is 2.46. The molecule has 1 aliphatic heterocycles. The number of nitrogens with zero attached hydrogens (tertiary/aromatic N) is 2. The van der Waals surface area contributed by atoms with Crippen molar-refractivity contribution in [3.05, 3.63) is 57.8 Å². The van der Waals surface area contributed by atoms with Crippen LogP contribution in [0.4, 0.5) is 0 Å². The Morgan fingerprint density at radius 1 is 1.31 bits per heavy atom. The van der Waals surface area contributed by atoms with Crippen molar-refractivity contribution >= 4 is 35.0 Å². The van der Waals surface area contributed by atoms with Crippen LogP contribution < -0.4 is 10.2 Å². The lowest BCUT2D eigenvalue weighted by atomic mass is 9.81. The Morgan fingerprint density at radius 3 is 2.52 bits per heavy atom. The van der Waals surface area contributed by atoms with Gasteiger partial charge in [0.1, 0.15) is 28.7 Å². The average Bonchev–Trinajstić information content (AvgIpc) is 3.00. The van der Waals surface area contributed by atoms with Gasteiger partial charge in [-0.05, 0) is 55.7 Å². The van der Waals surface area contributed by atoms with E-state index in [1.807, 2.05) is 19.1 Å². The first kappa shape index (κ1) is 21.4. The molecule has 154 valence electrons. The number of carbonyl (C=O) groups excluding carboxylic acids is 2. The summed E-state index contributed by atoms with van der Waals surface area (Å²) in [4.78, 5) is 30.0. The number of amides is 2. The number of hydrogen-bond donors (Lipinski definition) is 2. The molecule has 2 amide bonds. The van der Waals surface area contributed by atoms with Crippen LogP contribution in [0.15, 0.2) is 36.4 Å².